The van der Waals surface area contributed by atoms with Crippen molar-refractivity contribution in [2.75, 3.05) is 0 Å². The number of para-hydroxylation sites is 1. The van der Waals surface area contributed by atoms with Crippen molar-refractivity contribution in [3.05, 3.63) is 54.1 Å². The van der Waals surface area contributed by atoms with Crippen molar-refractivity contribution < 1.29 is 4.52 Å². The molecule has 2 heteroatoms. The van der Waals surface area contributed by atoms with Gasteiger partial charge < -0.3 is 4.52 Å². The molecule has 2 aromatic carbocycles. The molecule has 1 unspecified atom stereocenters. The summed E-state index contributed by atoms with van der Waals surface area (Å²) in [5.74, 6) is 0.899. The number of aryl methyl sites for hydroxylation is 1. The van der Waals surface area contributed by atoms with Gasteiger partial charge in [-0.15, -0.1) is 0 Å². The van der Waals surface area contributed by atoms with Gasteiger partial charge in [-0.2, -0.15) is 0 Å². The molecule has 0 aliphatic heterocycles. The highest BCUT2D eigenvalue weighted by Crippen LogP contribution is 2.31. The first kappa shape index (κ1) is 17.0. The van der Waals surface area contributed by atoms with Crippen LogP contribution in [0.1, 0.15) is 51.0 Å². The lowest BCUT2D eigenvalue weighted by molar-refractivity contribution is 0.607. The van der Waals surface area contributed by atoms with Gasteiger partial charge in [-0.3, -0.25) is 0 Å². The maximum Gasteiger partial charge on any atom is 0.130 e. The highest BCUT2D eigenvalue weighted by molar-refractivity contribution is 7.10. The molecule has 0 amide bonds. The monoisotopic (exact) mass is 314 g/mol. The minimum absolute atomic E-state index is 0.899. The van der Waals surface area contributed by atoms with E-state index in [2.05, 4.69) is 46.7 Å². The van der Waals surface area contributed by atoms with Crippen molar-refractivity contribution in [3.8, 4) is 16.9 Å². The van der Waals surface area contributed by atoms with Crippen LogP contribution in [0.25, 0.3) is 11.1 Å². The Hall–Kier alpha value is -1.33. The summed E-state index contributed by atoms with van der Waals surface area (Å²) >= 11 is 0. The van der Waals surface area contributed by atoms with Crippen LogP contribution in [-0.4, -0.2) is 0 Å². The van der Waals surface area contributed by atoms with Crippen LogP contribution in [0.3, 0.4) is 0 Å². The first-order valence-electron chi connectivity index (χ1n) is 8.40. The molecule has 2 aromatic rings. The lowest BCUT2D eigenvalue weighted by Gasteiger charge is -2.09. The van der Waals surface area contributed by atoms with E-state index < -0.39 is 0 Å². The second kappa shape index (κ2) is 9.64. The first-order valence-corrected chi connectivity index (χ1v) is 8.87. The fourth-order valence-electron chi connectivity index (χ4n) is 2.77. The Morgan fingerprint density at radius 3 is 2.23 bits per heavy atom. The van der Waals surface area contributed by atoms with Crippen LogP contribution in [0.4, 0.5) is 0 Å². The fourth-order valence-corrected chi connectivity index (χ4v) is 2.97. The molecule has 0 aromatic heterocycles. The van der Waals surface area contributed by atoms with Gasteiger partial charge in [0.15, 0.2) is 0 Å². The van der Waals surface area contributed by atoms with Crippen LogP contribution in [0.2, 0.25) is 0 Å². The maximum absolute atomic E-state index is 5.36. The molecule has 118 valence electrons. The molecular formula is C20H27OP. The normalized spacial score (nSPS) is 10.6. The van der Waals surface area contributed by atoms with Crippen LogP contribution in [0.5, 0.6) is 5.75 Å². The average molecular weight is 314 g/mol. The summed E-state index contributed by atoms with van der Waals surface area (Å²) < 4.78 is 5.36. The van der Waals surface area contributed by atoms with Crippen LogP contribution < -0.4 is 4.52 Å². The van der Waals surface area contributed by atoms with Crippen LogP contribution in [0, 0.1) is 0 Å². The Bertz CT molecular complexity index is 548. The number of unbranched alkanes of at least 4 members (excludes halogenated alkanes) is 5. The molecule has 0 saturated heterocycles. The number of hydrogen-bond acceptors (Lipinski definition) is 1. The molecule has 2 rings (SSSR count). The van der Waals surface area contributed by atoms with E-state index in [1.807, 2.05) is 18.2 Å². The SMILES string of the molecule is CCCCCCCCc1ccc(-c2ccccc2OP)cc1. The van der Waals surface area contributed by atoms with Gasteiger partial charge in [0.2, 0.25) is 0 Å². The number of benzene rings is 2. The highest BCUT2D eigenvalue weighted by Gasteiger charge is 2.04. The quantitative estimate of drug-likeness (QED) is 0.383. The predicted molar refractivity (Wildman–Crippen MR) is 99.3 cm³/mol. The summed E-state index contributed by atoms with van der Waals surface area (Å²) in [6, 6.07) is 17.0. The lowest BCUT2D eigenvalue weighted by atomic mass is 10.0. The molecule has 0 bridgehead atoms. The summed E-state index contributed by atoms with van der Waals surface area (Å²) in [4.78, 5) is 0. The predicted octanol–water partition coefficient (Wildman–Crippen LogP) is 6.43. The van der Waals surface area contributed by atoms with Crippen molar-refractivity contribution >= 4 is 9.47 Å². The third-order valence-corrected chi connectivity index (χ3v) is 4.35. The highest BCUT2D eigenvalue weighted by atomic mass is 31.0. The van der Waals surface area contributed by atoms with Crippen molar-refractivity contribution in [2.24, 2.45) is 0 Å². The largest absolute Gasteiger partial charge is 0.480 e. The van der Waals surface area contributed by atoms with E-state index in [4.69, 9.17) is 4.52 Å². The second-order valence-corrected chi connectivity index (χ2v) is 6.06. The van der Waals surface area contributed by atoms with Gasteiger partial charge in [0.1, 0.15) is 5.75 Å². The molecule has 0 saturated carbocycles. The molecular weight excluding hydrogens is 287 g/mol. The van der Waals surface area contributed by atoms with E-state index in [1.54, 1.807) is 0 Å². The van der Waals surface area contributed by atoms with E-state index in [0.29, 0.717) is 0 Å². The molecule has 0 N–H and O–H groups in total. The van der Waals surface area contributed by atoms with E-state index in [-0.39, 0.29) is 0 Å². The topological polar surface area (TPSA) is 9.23 Å². The Morgan fingerprint density at radius 1 is 0.818 bits per heavy atom. The van der Waals surface area contributed by atoms with Crippen molar-refractivity contribution in [3.63, 3.8) is 0 Å². The first-order chi connectivity index (χ1) is 10.8. The van der Waals surface area contributed by atoms with E-state index in [9.17, 15) is 0 Å². The van der Waals surface area contributed by atoms with Gasteiger partial charge in [0, 0.05) is 5.56 Å². The summed E-state index contributed by atoms with van der Waals surface area (Å²) in [5, 5.41) is 0. The summed E-state index contributed by atoms with van der Waals surface area (Å²) in [6.45, 7) is 2.27. The third-order valence-electron chi connectivity index (χ3n) is 4.10. The minimum Gasteiger partial charge on any atom is -0.480 e. The molecule has 0 radical (unpaired) electrons. The van der Waals surface area contributed by atoms with Crippen LogP contribution in [0.15, 0.2) is 48.5 Å². The summed E-state index contributed by atoms with van der Waals surface area (Å²) in [6.07, 6.45) is 9.31. The Labute approximate surface area is 137 Å². The van der Waals surface area contributed by atoms with Crippen molar-refractivity contribution in [1.82, 2.24) is 0 Å². The molecule has 0 aliphatic rings. The van der Waals surface area contributed by atoms with Crippen LogP contribution in [-0.2, 0) is 6.42 Å². The van der Waals surface area contributed by atoms with E-state index >= 15 is 0 Å². The van der Waals surface area contributed by atoms with Gasteiger partial charge in [0.25, 0.3) is 0 Å². The third kappa shape index (κ3) is 5.14. The zero-order valence-corrected chi connectivity index (χ0v) is 14.7. The molecule has 0 spiro atoms. The lowest BCUT2D eigenvalue weighted by Crippen LogP contribution is -1.88. The summed E-state index contributed by atoms with van der Waals surface area (Å²) in [7, 11) is 2.33. The van der Waals surface area contributed by atoms with E-state index in [1.165, 1.54) is 56.1 Å². The van der Waals surface area contributed by atoms with E-state index in [0.717, 1.165) is 11.3 Å². The Balaban J connectivity index is 1.88. The van der Waals surface area contributed by atoms with Crippen molar-refractivity contribution in [2.45, 2.75) is 51.9 Å². The number of hydrogen-bond donors (Lipinski definition) is 0. The van der Waals surface area contributed by atoms with Gasteiger partial charge in [-0.05, 0) is 30.0 Å². The molecule has 0 aliphatic carbocycles. The summed E-state index contributed by atoms with van der Waals surface area (Å²) in [5.41, 5.74) is 3.79. The van der Waals surface area contributed by atoms with Crippen molar-refractivity contribution in [1.29, 1.82) is 0 Å². The smallest absolute Gasteiger partial charge is 0.130 e. The minimum atomic E-state index is 0.899. The maximum atomic E-state index is 5.36. The van der Waals surface area contributed by atoms with Gasteiger partial charge in [0.05, 0.1) is 9.47 Å². The molecule has 1 nitrogen and oxygen atoms in total. The molecule has 0 heterocycles. The molecule has 0 fully saturated rings. The van der Waals surface area contributed by atoms with Crippen LogP contribution >= 0.6 is 9.47 Å². The zero-order valence-electron chi connectivity index (χ0n) is 13.6. The molecule has 1 atom stereocenters. The standard InChI is InChI=1S/C20H27OP/c1-2-3-4-5-6-7-10-17-13-15-18(16-14-17)19-11-8-9-12-20(19)21-22/h8-9,11-16H,2-7,10,22H2,1H3. The zero-order chi connectivity index (χ0) is 15.6. The van der Waals surface area contributed by atoms with Gasteiger partial charge in [-0.25, -0.2) is 0 Å². The second-order valence-electron chi connectivity index (χ2n) is 5.83. The fraction of sp³-hybridized carbons (Fsp3) is 0.400. The average Bonchev–Trinajstić information content (AvgIpc) is 2.58. The molecule has 22 heavy (non-hydrogen) atoms. The van der Waals surface area contributed by atoms with Gasteiger partial charge >= 0.3 is 0 Å². The van der Waals surface area contributed by atoms with Gasteiger partial charge in [-0.1, -0.05) is 81.5 Å². The Kier molecular flexibility index (Phi) is 7.46. The Morgan fingerprint density at radius 2 is 1.50 bits per heavy atom. The number of rotatable bonds is 9.